The van der Waals surface area contributed by atoms with Crippen LogP contribution in [0.2, 0.25) is 0 Å². The zero-order valence-corrected chi connectivity index (χ0v) is 18.5. The van der Waals surface area contributed by atoms with E-state index < -0.39 is 0 Å². The third-order valence-electron chi connectivity index (χ3n) is 5.75. The summed E-state index contributed by atoms with van der Waals surface area (Å²) in [6.45, 7) is 1.67. The van der Waals surface area contributed by atoms with Crippen molar-refractivity contribution in [2.45, 2.75) is 18.9 Å². The Hall–Kier alpha value is -3.06. The summed E-state index contributed by atoms with van der Waals surface area (Å²) in [6, 6.07) is 17.3. The van der Waals surface area contributed by atoms with Gasteiger partial charge in [0.1, 0.15) is 5.75 Å². The minimum absolute atomic E-state index is 0.0517. The number of nitrogens with one attached hydrogen (secondary N) is 2. The van der Waals surface area contributed by atoms with Crippen molar-refractivity contribution in [3.8, 4) is 5.75 Å². The van der Waals surface area contributed by atoms with E-state index in [2.05, 4.69) is 15.5 Å². The van der Waals surface area contributed by atoms with E-state index in [1.54, 1.807) is 12.0 Å². The number of carbonyl (C=O) groups excluding carboxylic acids is 2. The number of amides is 3. The Morgan fingerprint density at radius 3 is 2.45 bits per heavy atom. The van der Waals surface area contributed by atoms with Crippen molar-refractivity contribution >= 4 is 17.6 Å². The molecule has 1 aliphatic rings. The van der Waals surface area contributed by atoms with E-state index in [9.17, 15) is 9.59 Å². The molecule has 166 valence electrons. The van der Waals surface area contributed by atoms with Gasteiger partial charge in [-0.1, -0.05) is 30.3 Å². The predicted octanol–water partition coefficient (Wildman–Crippen LogP) is 3.36. The van der Waals surface area contributed by atoms with Crippen molar-refractivity contribution in [1.29, 1.82) is 0 Å². The van der Waals surface area contributed by atoms with Gasteiger partial charge < -0.3 is 25.2 Å². The number of carbonyl (C=O) groups is 2. The second-order valence-corrected chi connectivity index (χ2v) is 8.06. The molecule has 0 aromatic heterocycles. The molecule has 0 unspecified atom stereocenters. The maximum absolute atomic E-state index is 12.8. The van der Waals surface area contributed by atoms with Crippen molar-refractivity contribution in [2.75, 3.05) is 46.2 Å². The number of rotatable bonds is 7. The van der Waals surface area contributed by atoms with E-state index in [0.717, 1.165) is 17.0 Å². The molecule has 7 heteroatoms. The van der Waals surface area contributed by atoms with Crippen molar-refractivity contribution in [3.05, 3.63) is 60.2 Å². The van der Waals surface area contributed by atoms with Gasteiger partial charge in [0, 0.05) is 31.2 Å². The summed E-state index contributed by atoms with van der Waals surface area (Å²) >= 11 is 0. The molecule has 0 aliphatic carbocycles. The molecule has 0 radical (unpaired) electrons. The fourth-order valence-electron chi connectivity index (χ4n) is 3.86. The molecule has 2 aromatic carbocycles. The lowest BCUT2D eigenvalue weighted by molar-refractivity contribution is -0.126. The number of ether oxygens (including phenoxy) is 1. The smallest absolute Gasteiger partial charge is 0.321 e. The van der Waals surface area contributed by atoms with Crippen LogP contribution in [-0.4, -0.2) is 62.6 Å². The van der Waals surface area contributed by atoms with Gasteiger partial charge >= 0.3 is 6.03 Å². The first kappa shape index (κ1) is 22.6. The second-order valence-electron chi connectivity index (χ2n) is 8.06. The van der Waals surface area contributed by atoms with Gasteiger partial charge in [-0.2, -0.15) is 0 Å². The van der Waals surface area contributed by atoms with Gasteiger partial charge in [-0.25, -0.2) is 4.79 Å². The third-order valence-corrected chi connectivity index (χ3v) is 5.75. The van der Waals surface area contributed by atoms with Gasteiger partial charge in [0.2, 0.25) is 5.91 Å². The topological polar surface area (TPSA) is 73.9 Å². The van der Waals surface area contributed by atoms with Crippen LogP contribution in [0.25, 0.3) is 0 Å². The number of piperidine rings is 1. The molecule has 3 amide bonds. The first-order valence-corrected chi connectivity index (χ1v) is 10.7. The average molecular weight is 425 g/mol. The quantitative estimate of drug-likeness (QED) is 0.715. The molecule has 1 saturated heterocycles. The highest BCUT2D eigenvalue weighted by molar-refractivity contribution is 5.89. The monoisotopic (exact) mass is 424 g/mol. The van der Waals surface area contributed by atoms with E-state index in [0.29, 0.717) is 32.5 Å². The van der Waals surface area contributed by atoms with Crippen molar-refractivity contribution in [3.63, 3.8) is 0 Å². The zero-order valence-electron chi connectivity index (χ0n) is 18.5. The van der Waals surface area contributed by atoms with Gasteiger partial charge in [-0.15, -0.1) is 0 Å². The number of likely N-dealkylation sites (tertiary alicyclic amines) is 1. The third kappa shape index (κ3) is 6.21. The Morgan fingerprint density at radius 2 is 1.81 bits per heavy atom. The molecule has 1 heterocycles. The number of nitrogens with zero attached hydrogens (tertiary/aromatic N) is 2. The Balaban J connectivity index is 1.49. The van der Waals surface area contributed by atoms with Gasteiger partial charge in [0.15, 0.2) is 0 Å². The number of urea groups is 1. The Bertz CT molecular complexity index is 864. The number of likely N-dealkylation sites (N-methyl/N-ethyl adjacent to an activating group) is 1. The highest BCUT2D eigenvalue weighted by atomic mass is 16.5. The van der Waals surface area contributed by atoms with Crippen LogP contribution in [0.3, 0.4) is 0 Å². The van der Waals surface area contributed by atoms with Crippen LogP contribution in [0.4, 0.5) is 10.5 Å². The van der Waals surface area contributed by atoms with E-state index >= 15 is 0 Å². The molecule has 2 aromatic rings. The number of benzene rings is 2. The fraction of sp³-hybridized carbons (Fsp3) is 0.417. The maximum atomic E-state index is 12.8. The lowest BCUT2D eigenvalue weighted by Gasteiger charge is -2.32. The van der Waals surface area contributed by atoms with E-state index in [4.69, 9.17) is 4.74 Å². The minimum atomic E-state index is -0.115. The molecule has 1 fully saturated rings. The molecule has 0 saturated carbocycles. The zero-order chi connectivity index (χ0) is 22.2. The van der Waals surface area contributed by atoms with Crippen LogP contribution in [0, 0.1) is 5.92 Å². The lowest BCUT2D eigenvalue weighted by atomic mass is 9.95. The average Bonchev–Trinajstić information content (AvgIpc) is 2.79. The predicted molar refractivity (Wildman–Crippen MR) is 122 cm³/mol. The number of methoxy groups -OCH3 is 1. The number of para-hydroxylation sites is 1. The summed E-state index contributed by atoms with van der Waals surface area (Å²) in [7, 11) is 5.65. The SMILES string of the molecule is COc1cccc([C@H](CNC(=O)C2CCN(C(=O)Nc3ccccc3)CC2)N(C)C)c1. The first-order valence-electron chi connectivity index (χ1n) is 10.7. The Kier molecular flexibility index (Phi) is 7.89. The lowest BCUT2D eigenvalue weighted by Crippen LogP contribution is -2.45. The molecule has 31 heavy (non-hydrogen) atoms. The summed E-state index contributed by atoms with van der Waals surface area (Å²) in [5, 5.41) is 6.02. The van der Waals surface area contributed by atoms with Crippen LogP contribution in [-0.2, 0) is 4.79 Å². The summed E-state index contributed by atoms with van der Waals surface area (Å²) in [5.41, 5.74) is 1.87. The fourth-order valence-corrected chi connectivity index (χ4v) is 3.86. The van der Waals surface area contributed by atoms with Crippen LogP contribution < -0.4 is 15.4 Å². The van der Waals surface area contributed by atoms with Gasteiger partial charge in [-0.05, 0) is 56.8 Å². The number of anilines is 1. The van der Waals surface area contributed by atoms with Crippen LogP contribution in [0.1, 0.15) is 24.4 Å². The van der Waals surface area contributed by atoms with Gasteiger partial charge in [-0.3, -0.25) is 4.79 Å². The second kappa shape index (κ2) is 10.8. The number of hydrogen-bond acceptors (Lipinski definition) is 4. The molecule has 0 bridgehead atoms. The highest BCUT2D eigenvalue weighted by Gasteiger charge is 2.28. The van der Waals surface area contributed by atoms with Gasteiger partial charge in [0.05, 0.1) is 13.2 Å². The molecule has 1 atom stereocenters. The summed E-state index contributed by atoms with van der Waals surface area (Å²) in [6.07, 6.45) is 1.33. The molecule has 3 rings (SSSR count). The van der Waals surface area contributed by atoms with Crippen molar-refractivity contribution in [1.82, 2.24) is 15.1 Å². The van der Waals surface area contributed by atoms with E-state index in [-0.39, 0.29) is 23.9 Å². The number of hydrogen-bond donors (Lipinski definition) is 2. The van der Waals surface area contributed by atoms with Crippen LogP contribution in [0.5, 0.6) is 5.75 Å². The minimum Gasteiger partial charge on any atom is -0.497 e. The summed E-state index contributed by atoms with van der Waals surface area (Å²) in [4.78, 5) is 29.1. The van der Waals surface area contributed by atoms with Crippen LogP contribution >= 0.6 is 0 Å². The van der Waals surface area contributed by atoms with Crippen LogP contribution in [0.15, 0.2) is 54.6 Å². The molecule has 0 spiro atoms. The molecular formula is C24H32N4O3. The Morgan fingerprint density at radius 1 is 1.10 bits per heavy atom. The first-order chi connectivity index (χ1) is 15.0. The molecule has 7 nitrogen and oxygen atoms in total. The highest BCUT2D eigenvalue weighted by Crippen LogP contribution is 2.23. The largest absolute Gasteiger partial charge is 0.497 e. The summed E-state index contributed by atoms with van der Waals surface area (Å²) < 4.78 is 5.33. The normalized spacial score (nSPS) is 15.4. The van der Waals surface area contributed by atoms with Crippen molar-refractivity contribution < 1.29 is 14.3 Å². The Labute approximate surface area is 184 Å². The standard InChI is InChI=1S/C24H32N4O3/c1-27(2)22(19-8-7-11-21(16-19)31-3)17-25-23(29)18-12-14-28(15-13-18)24(30)26-20-9-5-4-6-10-20/h4-11,16,18,22H,12-15,17H2,1-3H3,(H,25,29)(H,26,30)/t22-/m0/s1. The van der Waals surface area contributed by atoms with E-state index in [1.165, 1.54) is 0 Å². The van der Waals surface area contributed by atoms with E-state index in [1.807, 2.05) is 68.7 Å². The molecule has 1 aliphatic heterocycles. The van der Waals surface area contributed by atoms with Gasteiger partial charge in [0.25, 0.3) is 0 Å². The van der Waals surface area contributed by atoms with Crippen molar-refractivity contribution in [2.24, 2.45) is 5.92 Å². The molecular weight excluding hydrogens is 392 g/mol. The molecule has 2 N–H and O–H groups in total. The maximum Gasteiger partial charge on any atom is 0.321 e. The summed E-state index contributed by atoms with van der Waals surface area (Å²) in [5.74, 6) is 0.781.